The number of hydrogen-bond donors (Lipinski definition) is 2. The molecule has 3 rings (SSSR count). The maximum absolute atomic E-state index is 13.1. The monoisotopic (exact) mass is 548 g/mol. The number of carbonyl (C=O) groups is 2. The van der Waals surface area contributed by atoms with Crippen LogP contribution < -0.4 is 10.2 Å². The zero-order valence-electron chi connectivity index (χ0n) is 23.2. The molecule has 0 spiro atoms. The van der Waals surface area contributed by atoms with E-state index in [2.05, 4.69) is 41.3 Å². The zero-order chi connectivity index (χ0) is 28.1. The Morgan fingerprint density at radius 1 is 1.32 bits per heavy atom. The standard InChI is InChI=1S/C27H40N4O6S/c1-8-13-36-27(6)9-11-30(12-10-27)23-21(22(24(32)34-7)37-26(3,4)5)18(2)16-20-28-19(17-31(20)23)29-25(33)35-14-15-38/h8,16-17,22,38H,1,9-15H2,2-7H3,(H,29,33). The summed E-state index contributed by atoms with van der Waals surface area (Å²) in [5.74, 6) is 1.01. The predicted octanol–water partition coefficient (Wildman–Crippen LogP) is 4.71. The lowest BCUT2D eigenvalue weighted by Crippen LogP contribution is -2.45. The average Bonchev–Trinajstić information content (AvgIpc) is 3.25. The molecule has 1 N–H and O–H groups in total. The van der Waals surface area contributed by atoms with Crippen molar-refractivity contribution in [3.63, 3.8) is 0 Å². The van der Waals surface area contributed by atoms with E-state index in [1.54, 1.807) is 12.3 Å². The van der Waals surface area contributed by atoms with Gasteiger partial charge in [-0.2, -0.15) is 12.6 Å². The molecule has 0 radical (unpaired) electrons. The summed E-state index contributed by atoms with van der Waals surface area (Å²) in [7, 11) is 1.36. The lowest BCUT2D eigenvalue weighted by Gasteiger charge is -2.41. The van der Waals surface area contributed by atoms with E-state index >= 15 is 0 Å². The number of piperidine rings is 1. The van der Waals surface area contributed by atoms with Gasteiger partial charge in [0.05, 0.1) is 31.1 Å². The van der Waals surface area contributed by atoms with Gasteiger partial charge in [0, 0.05) is 24.4 Å². The molecule has 0 aromatic carbocycles. The normalized spacial score (nSPS) is 16.2. The summed E-state index contributed by atoms with van der Waals surface area (Å²) in [5.41, 5.74) is 1.22. The Morgan fingerprint density at radius 2 is 2.00 bits per heavy atom. The SMILES string of the molecule is C=CCOC1(C)CCN(c2c(C(OC(C)(C)C)C(=O)OC)c(C)cc3nc(NC(=O)OCCS)cn23)CC1. The number of pyridine rings is 1. The Morgan fingerprint density at radius 3 is 2.58 bits per heavy atom. The third kappa shape index (κ3) is 7.21. The van der Waals surface area contributed by atoms with Crippen LogP contribution in [-0.4, -0.2) is 71.8 Å². The number of nitrogens with zero attached hydrogens (tertiary/aromatic N) is 3. The Hall–Kier alpha value is -2.76. The van der Waals surface area contributed by atoms with Crippen LogP contribution in [0.5, 0.6) is 0 Å². The topological polar surface area (TPSA) is 104 Å². The second kappa shape index (κ2) is 12.4. The number of amides is 1. The van der Waals surface area contributed by atoms with Gasteiger partial charge in [0.25, 0.3) is 0 Å². The van der Waals surface area contributed by atoms with E-state index in [0.29, 0.717) is 42.5 Å². The lowest BCUT2D eigenvalue weighted by molar-refractivity contribution is -0.164. The molecule has 0 saturated carbocycles. The van der Waals surface area contributed by atoms with Gasteiger partial charge in [-0.25, -0.2) is 14.6 Å². The molecule has 210 valence electrons. The number of aromatic nitrogens is 2. The maximum Gasteiger partial charge on any atom is 0.412 e. The molecular weight excluding hydrogens is 508 g/mol. The summed E-state index contributed by atoms with van der Waals surface area (Å²) in [6.07, 6.45) is 3.44. The molecule has 1 atom stereocenters. The Kier molecular flexibility index (Phi) is 9.72. The van der Waals surface area contributed by atoms with Crippen molar-refractivity contribution >= 4 is 42.0 Å². The first-order chi connectivity index (χ1) is 17.9. The summed E-state index contributed by atoms with van der Waals surface area (Å²) in [6, 6.07) is 1.87. The van der Waals surface area contributed by atoms with E-state index in [4.69, 9.17) is 18.9 Å². The molecule has 1 aliphatic rings. The fourth-order valence-corrected chi connectivity index (χ4v) is 4.60. The number of nitrogens with one attached hydrogen (secondary N) is 1. The smallest absolute Gasteiger partial charge is 0.412 e. The molecule has 2 aromatic heterocycles. The van der Waals surface area contributed by atoms with Crippen LogP contribution in [0.25, 0.3) is 5.65 Å². The van der Waals surface area contributed by atoms with Crippen LogP contribution in [0.3, 0.4) is 0 Å². The fraction of sp³-hybridized carbons (Fsp3) is 0.593. The van der Waals surface area contributed by atoms with Crippen LogP contribution in [0.1, 0.15) is 57.8 Å². The quantitative estimate of drug-likeness (QED) is 0.250. The van der Waals surface area contributed by atoms with E-state index in [0.717, 1.165) is 24.2 Å². The van der Waals surface area contributed by atoms with Crippen molar-refractivity contribution in [2.45, 2.75) is 64.8 Å². The number of carbonyl (C=O) groups excluding carboxylic acids is 2. The van der Waals surface area contributed by atoms with Gasteiger partial charge in [-0.05, 0) is 59.1 Å². The molecule has 1 aliphatic heterocycles. The number of anilines is 2. The average molecular weight is 549 g/mol. The lowest BCUT2D eigenvalue weighted by atomic mass is 9.92. The number of imidazole rings is 1. The van der Waals surface area contributed by atoms with E-state index in [9.17, 15) is 9.59 Å². The van der Waals surface area contributed by atoms with Crippen LogP contribution in [0.4, 0.5) is 16.4 Å². The van der Waals surface area contributed by atoms with Gasteiger partial charge in [0.1, 0.15) is 18.1 Å². The highest BCUT2D eigenvalue weighted by atomic mass is 32.1. The highest BCUT2D eigenvalue weighted by molar-refractivity contribution is 7.80. The minimum absolute atomic E-state index is 0.183. The number of aryl methyl sites for hydroxylation is 1. The van der Waals surface area contributed by atoms with Gasteiger partial charge in [0.2, 0.25) is 0 Å². The second-order valence-corrected chi connectivity index (χ2v) is 11.0. The number of ether oxygens (including phenoxy) is 4. The molecule has 0 aliphatic carbocycles. The van der Waals surface area contributed by atoms with Crippen molar-refractivity contribution in [2.24, 2.45) is 0 Å². The first-order valence-electron chi connectivity index (χ1n) is 12.7. The highest BCUT2D eigenvalue weighted by Crippen LogP contribution is 2.39. The fourth-order valence-electron chi connectivity index (χ4n) is 4.51. The Bertz CT molecular complexity index is 1150. The van der Waals surface area contributed by atoms with Crippen molar-refractivity contribution in [2.75, 3.05) is 49.4 Å². The number of thiol groups is 1. The zero-order valence-corrected chi connectivity index (χ0v) is 24.1. The Labute approximate surface area is 230 Å². The number of fused-ring (bicyclic) bond motifs is 1. The maximum atomic E-state index is 13.1. The van der Waals surface area contributed by atoms with Gasteiger partial charge < -0.3 is 23.8 Å². The number of hydrogen-bond acceptors (Lipinski definition) is 9. The first kappa shape index (κ1) is 29.8. The van der Waals surface area contributed by atoms with Gasteiger partial charge >= 0.3 is 12.1 Å². The molecule has 2 aromatic rings. The first-order valence-corrected chi connectivity index (χ1v) is 13.4. The van der Waals surface area contributed by atoms with Crippen LogP contribution in [0, 0.1) is 6.92 Å². The van der Waals surface area contributed by atoms with E-state index in [1.165, 1.54) is 7.11 Å². The number of methoxy groups -OCH3 is 1. The van der Waals surface area contributed by atoms with Crippen LogP contribution in [0.15, 0.2) is 24.9 Å². The van der Waals surface area contributed by atoms with Gasteiger partial charge in [0.15, 0.2) is 11.9 Å². The van der Waals surface area contributed by atoms with Crippen molar-refractivity contribution in [3.8, 4) is 0 Å². The molecule has 0 bridgehead atoms. The summed E-state index contributed by atoms with van der Waals surface area (Å²) in [5, 5.41) is 2.68. The molecule has 38 heavy (non-hydrogen) atoms. The van der Waals surface area contributed by atoms with Crippen molar-refractivity contribution in [1.29, 1.82) is 0 Å². The van der Waals surface area contributed by atoms with Crippen molar-refractivity contribution < 1.29 is 28.5 Å². The highest BCUT2D eigenvalue weighted by Gasteiger charge is 2.37. The van der Waals surface area contributed by atoms with Crippen LogP contribution in [-0.2, 0) is 23.7 Å². The van der Waals surface area contributed by atoms with Crippen LogP contribution in [0.2, 0.25) is 0 Å². The third-order valence-electron chi connectivity index (χ3n) is 6.35. The van der Waals surface area contributed by atoms with Crippen molar-refractivity contribution in [3.05, 3.63) is 36.0 Å². The second-order valence-electron chi connectivity index (χ2n) is 10.6. The Balaban J connectivity index is 2.12. The van der Waals surface area contributed by atoms with Gasteiger partial charge in [-0.1, -0.05) is 6.08 Å². The third-order valence-corrected chi connectivity index (χ3v) is 6.53. The minimum atomic E-state index is -0.969. The molecule has 1 saturated heterocycles. The molecular formula is C27H40N4O6S. The molecule has 1 unspecified atom stereocenters. The molecule has 1 amide bonds. The molecule has 3 heterocycles. The number of rotatable bonds is 10. The van der Waals surface area contributed by atoms with Gasteiger partial charge in [-0.15, -0.1) is 6.58 Å². The minimum Gasteiger partial charge on any atom is -0.467 e. The van der Waals surface area contributed by atoms with Gasteiger partial charge in [-0.3, -0.25) is 9.72 Å². The van der Waals surface area contributed by atoms with E-state index in [-0.39, 0.29) is 12.2 Å². The molecule has 10 nitrogen and oxygen atoms in total. The molecule has 1 fully saturated rings. The predicted molar refractivity (Wildman–Crippen MR) is 150 cm³/mol. The van der Waals surface area contributed by atoms with Crippen molar-refractivity contribution in [1.82, 2.24) is 9.38 Å². The summed E-state index contributed by atoms with van der Waals surface area (Å²) >= 11 is 4.07. The summed E-state index contributed by atoms with van der Waals surface area (Å²) in [6.45, 7) is 15.5. The largest absolute Gasteiger partial charge is 0.467 e. The van der Waals surface area contributed by atoms with E-state index < -0.39 is 23.8 Å². The van der Waals surface area contributed by atoms with E-state index in [1.807, 2.05) is 38.2 Å². The number of esters is 1. The summed E-state index contributed by atoms with van der Waals surface area (Å²) < 4.78 is 24.5. The molecule has 11 heteroatoms. The van der Waals surface area contributed by atoms with Crippen LogP contribution >= 0.6 is 12.6 Å². The summed E-state index contributed by atoms with van der Waals surface area (Å²) in [4.78, 5) is 32.1.